The predicted molar refractivity (Wildman–Crippen MR) is 227 cm³/mol. The second-order valence-electron chi connectivity index (χ2n) is 14.5. The van der Waals surface area contributed by atoms with Crippen LogP contribution in [0.15, 0.2) is 84.9 Å². The molecule has 3 aromatic carbocycles. The zero-order chi connectivity index (χ0) is 38.3. The van der Waals surface area contributed by atoms with Crippen LogP contribution in [0.25, 0.3) is 12.2 Å². The number of carbonyl (C=O) groups excluding carboxylic acids is 2. The molecular formula is C49H68O5. The lowest BCUT2D eigenvalue weighted by molar-refractivity contribution is -0.128. The quantitative estimate of drug-likeness (QED) is 0.0216. The first-order valence-corrected chi connectivity index (χ1v) is 21.3. The summed E-state index contributed by atoms with van der Waals surface area (Å²) in [4.78, 5) is 25.4. The fourth-order valence-electron chi connectivity index (χ4n) is 6.38. The molecule has 0 bridgehead atoms. The minimum absolute atomic E-state index is 0.173. The van der Waals surface area contributed by atoms with Crippen LogP contribution in [0.1, 0.15) is 170 Å². The van der Waals surface area contributed by atoms with Gasteiger partial charge in [0.2, 0.25) is 0 Å². The molecule has 0 unspecified atom stereocenters. The van der Waals surface area contributed by atoms with Gasteiger partial charge in [0.15, 0.2) is 5.78 Å². The van der Waals surface area contributed by atoms with Crippen molar-refractivity contribution in [3.63, 3.8) is 0 Å². The molecule has 0 spiro atoms. The number of allylic oxidation sites excluding steroid dienone is 1. The summed E-state index contributed by atoms with van der Waals surface area (Å²) in [5.41, 5.74) is 2.22. The smallest absolute Gasteiger partial charge is 0.336 e. The first kappa shape index (κ1) is 44.3. The van der Waals surface area contributed by atoms with Crippen molar-refractivity contribution in [2.45, 2.75) is 149 Å². The summed E-state index contributed by atoms with van der Waals surface area (Å²) in [5, 5.41) is 0. The number of carbonyl (C=O) groups is 2. The number of unbranched alkanes of at least 4 members (excludes halogenated alkanes) is 19. The van der Waals surface area contributed by atoms with Gasteiger partial charge in [0.1, 0.15) is 17.2 Å². The second kappa shape index (κ2) is 29.3. The normalized spacial score (nSPS) is 11.4. The molecule has 0 radical (unpaired) electrons. The van der Waals surface area contributed by atoms with Gasteiger partial charge in [0.25, 0.3) is 0 Å². The minimum Gasteiger partial charge on any atom is -0.494 e. The van der Waals surface area contributed by atoms with E-state index in [2.05, 4.69) is 13.8 Å². The van der Waals surface area contributed by atoms with E-state index in [1.165, 1.54) is 134 Å². The van der Waals surface area contributed by atoms with Crippen LogP contribution in [0.3, 0.4) is 0 Å². The average Bonchev–Trinajstić information content (AvgIpc) is 3.19. The lowest BCUT2D eigenvalue weighted by Crippen LogP contribution is -2.04. The molecule has 0 amide bonds. The van der Waals surface area contributed by atoms with E-state index in [1.54, 1.807) is 36.4 Å². The third-order valence-corrected chi connectivity index (χ3v) is 9.72. The van der Waals surface area contributed by atoms with E-state index in [1.807, 2.05) is 48.5 Å². The fourth-order valence-corrected chi connectivity index (χ4v) is 6.38. The molecular weight excluding hydrogens is 669 g/mol. The lowest BCUT2D eigenvalue weighted by atomic mass is 10.0. The third-order valence-electron chi connectivity index (χ3n) is 9.72. The van der Waals surface area contributed by atoms with Crippen LogP contribution in [0.2, 0.25) is 0 Å². The van der Waals surface area contributed by atoms with Crippen molar-refractivity contribution >= 4 is 23.9 Å². The lowest BCUT2D eigenvalue weighted by Gasteiger charge is -2.07. The Balaban J connectivity index is 1.25. The average molecular weight is 737 g/mol. The van der Waals surface area contributed by atoms with Gasteiger partial charge < -0.3 is 14.2 Å². The summed E-state index contributed by atoms with van der Waals surface area (Å²) < 4.78 is 17.3. The van der Waals surface area contributed by atoms with Gasteiger partial charge >= 0.3 is 5.97 Å². The molecule has 0 saturated heterocycles. The zero-order valence-electron chi connectivity index (χ0n) is 33.5. The molecule has 0 N–H and O–H groups in total. The van der Waals surface area contributed by atoms with Crippen molar-refractivity contribution in [3.8, 4) is 17.2 Å². The van der Waals surface area contributed by atoms with Crippen molar-refractivity contribution < 1.29 is 23.8 Å². The number of ether oxygens (including phenoxy) is 3. The summed E-state index contributed by atoms with van der Waals surface area (Å²) in [6.07, 6.45) is 34.1. The van der Waals surface area contributed by atoms with Gasteiger partial charge in [0.05, 0.1) is 13.2 Å². The molecule has 0 atom stereocenters. The second-order valence-corrected chi connectivity index (χ2v) is 14.5. The number of hydrogen-bond acceptors (Lipinski definition) is 5. The van der Waals surface area contributed by atoms with Crippen molar-refractivity contribution in [1.82, 2.24) is 0 Å². The van der Waals surface area contributed by atoms with Crippen molar-refractivity contribution in [2.75, 3.05) is 13.2 Å². The topological polar surface area (TPSA) is 61.8 Å². The molecule has 0 saturated carbocycles. The van der Waals surface area contributed by atoms with Gasteiger partial charge in [-0.25, -0.2) is 4.79 Å². The van der Waals surface area contributed by atoms with Crippen LogP contribution in [0, 0.1) is 0 Å². The highest BCUT2D eigenvalue weighted by Gasteiger charge is 2.07. The highest BCUT2D eigenvalue weighted by molar-refractivity contribution is 6.07. The first-order valence-electron chi connectivity index (χ1n) is 21.3. The molecule has 3 rings (SSSR count). The molecule has 294 valence electrons. The molecule has 0 heterocycles. The molecule has 5 heteroatoms. The Morgan fingerprint density at radius 3 is 1.31 bits per heavy atom. The Kier molecular flexibility index (Phi) is 24.0. The summed E-state index contributed by atoms with van der Waals surface area (Å²) in [7, 11) is 0. The van der Waals surface area contributed by atoms with E-state index in [9.17, 15) is 9.59 Å². The van der Waals surface area contributed by atoms with Crippen LogP contribution in [-0.2, 0) is 4.79 Å². The molecule has 54 heavy (non-hydrogen) atoms. The van der Waals surface area contributed by atoms with Crippen molar-refractivity contribution in [2.24, 2.45) is 0 Å². The number of rotatable bonds is 31. The van der Waals surface area contributed by atoms with E-state index in [-0.39, 0.29) is 5.78 Å². The van der Waals surface area contributed by atoms with E-state index >= 15 is 0 Å². The summed E-state index contributed by atoms with van der Waals surface area (Å²) in [6.45, 7) is 5.94. The largest absolute Gasteiger partial charge is 0.494 e. The maximum absolute atomic E-state index is 12.8. The summed E-state index contributed by atoms with van der Waals surface area (Å²) in [6, 6.07) is 22.1. The monoisotopic (exact) mass is 737 g/mol. The molecule has 0 fully saturated rings. The molecule has 0 aromatic heterocycles. The van der Waals surface area contributed by atoms with E-state index < -0.39 is 5.97 Å². The zero-order valence-corrected chi connectivity index (χ0v) is 33.5. The summed E-state index contributed by atoms with van der Waals surface area (Å²) in [5.74, 6) is 1.30. The number of ketones is 1. The Bertz CT molecular complexity index is 1470. The number of benzene rings is 3. The van der Waals surface area contributed by atoms with Gasteiger partial charge in [-0.3, -0.25) is 4.79 Å². The first-order chi connectivity index (χ1) is 26.6. The maximum Gasteiger partial charge on any atom is 0.336 e. The Labute approximate surface area is 327 Å². The van der Waals surface area contributed by atoms with Gasteiger partial charge in [0, 0.05) is 11.6 Å². The molecule has 3 aromatic rings. The number of hydrogen-bond donors (Lipinski definition) is 0. The minimum atomic E-state index is -0.512. The van der Waals surface area contributed by atoms with Crippen LogP contribution in [-0.4, -0.2) is 25.0 Å². The van der Waals surface area contributed by atoms with Crippen molar-refractivity contribution in [3.05, 3.63) is 102 Å². The Morgan fingerprint density at radius 2 is 0.870 bits per heavy atom. The van der Waals surface area contributed by atoms with Gasteiger partial charge in [-0.1, -0.05) is 178 Å². The maximum atomic E-state index is 12.8. The van der Waals surface area contributed by atoms with Crippen molar-refractivity contribution in [1.29, 1.82) is 0 Å². The van der Waals surface area contributed by atoms with Gasteiger partial charge in [-0.2, -0.15) is 0 Å². The molecule has 0 aliphatic heterocycles. The van der Waals surface area contributed by atoms with Crippen LogP contribution in [0.4, 0.5) is 0 Å². The van der Waals surface area contributed by atoms with E-state index in [0.717, 1.165) is 48.7 Å². The van der Waals surface area contributed by atoms with E-state index in [0.29, 0.717) is 11.3 Å². The molecule has 0 aliphatic carbocycles. The van der Waals surface area contributed by atoms with Crippen LogP contribution in [0.5, 0.6) is 17.2 Å². The predicted octanol–water partition coefficient (Wildman–Crippen LogP) is 14.2. The SMILES string of the molecule is CCCCCCCCCCCCCCCCCCOc1ccc(/C=C/C(=O)Oc2cccc(C(=O)/C=C/c3ccc(OCCCCCCC)cc3)c2)cc1. The highest BCUT2D eigenvalue weighted by Crippen LogP contribution is 2.19. The Morgan fingerprint density at radius 1 is 0.463 bits per heavy atom. The standard InChI is InChI=1S/C49H68O5/c1-3-5-7-9-10-11-12-13-14-15-16-17-18-19-21-23-40-53-46-35-29-43(30-36-46)32-38-49(51)54-47-26-24-25-44(41-47)48(50)37-31-42-27-33-45(34-28-42)52-39-22-20-8-6-4-2/h24-38,41H,3-23,39-40H2,1-2H3/b37-31+,38-32+. The molecule has 5 nitrogen and oxygen atoms in total. The Hall–Kier alpha value is -4.12. The van der Waals surface area contributed by atoms with Gasteiger partial charge in [-0.05, 0) is 72.5 Å². The van der Waals surface area contributed by atoms with Gasteiger partial charge in [-0.15, -0.1) is 0 Å². The van der Waals surface area contributed by atoms with E-state index in [4.69, 9.17) is 14.2 Å². The van der Waals surface area contributed by atoms with Crippen LogP contribution < -0.4 is 14.2 Å². The highest BCUT2D eigenvalue weighted by atomic mass is 16.5. The molecule has 0 aliphatic rings. The fraction of sp³-hybridized carbons (Fsp3) is 0.510. The third kappa shape index (κ3) is 20.9. The number of esters is 1. The summed E-state index contributed by atoms with van der Waals surface area (Å²) >= 11 is 0. The van der Waals surface area contributed by atoms with Crippen LogP contribution >= 0.6 is 0 Å².